The van der Waals surface area contributed by atoms with Crippen LogP contribution in [-0.4, -0.2) is 12.6 Å². The highest BCUT2D eigenvalue weighted by molar-refractivity contribution is 9.10. The Labute approximate surface area is 80.5 Å². The van der Waals surface area contributed by atoms with E-state index in [0.717, 1.165) is 16.9 Å². The Morgan fingerprint density at radius 3 is 2.75 bits per heavy atom. The lowest BCUT2D eigenvalue weighted by Crippen LogP contribution is -2.29. The van der Waals surface area contributed by atoms with Crippen LogP contribution in [0.25, 0.3) is 0 Å². The fourth-order valence-corrected chi connectivity index (χ4v) is 1.79. The number of hydrogen-bond acceptors (Lipinski definition) is 2. The van der Waals surface area contributed by atoms with Crippen molar-refractivity contribution in [2.45, 2.75) is 24.8 Å². The first-order chi connectivity index (χ1) is 5.74. The third kappa shape index (κ3) is 1.57. The van der Waals surface area contributed by atoms with Crippen LogP contribution in [0.1, 0.15) is 18.6 Å². The van der Waals surface area contributed by atoms with E-state index in [1.165, 1.54) is 12.8 Å². The van der Waals surface area contributed by atoms with Crippen LogP contribution in [0.2, 0.25) is 0 Å². The minimum absolute atomic E-state index is 0.345. The molecule has 12 heavy (non-hydrogen) atoms. The summed E-state index contributed by atoms with van der Waals surface area (Å²) in [6.07, 6.45) is 3.54. The largest absolute Gasteiger partial charge is 0.454 e. The van der Waals surface area contributed by atoms with Gasteiger partial charge in [-0.05, 0) is 48.0 Å². The topological polar surface area (TPSA) is 25.2 Å². The Hall–Kier alpha value is -0.280. The fourth-order valence-electron chi connectivity index (χ4n) is 1.45. The smallest absolute Gasteiger partial charge is 0.169 e. The number of likely N-dealkylation sites (N-methyl/N-ethyl adjacent to an activating group) is 1. The molecule has 0 radical (unpaired) electrons. The highest BCUT2D eigenvalue weighted by Crippen LogP contribution is 2.38. The van der Waals surface area contributed by atoms with E-state index in [-0.39, 0.29) is 0 Å². The van der Waals surface area contributed by atoms with Crippen molar-refractivity contribution in [1.29, 1.82) is 0 Å². The Bertz CT molecular complexity index is 278. The third-order valence-electron chi connectivity index (χ3n) is 2.53. The first-order valence-corrected chi connectivity index (χ1v) is 4.97. The van der Waals surface area contributed by atoms with Gasteiger partial charge in [0.25, 0.3) is 0 Å². The molecule has 1 aromatic rings. The Kier molecular flexibility index (Phi) is 2.00. The predicted molar refractivity (Wildman–Crippen MR) is 51.1 cm³/mol. The molecule has 1 N–H and O–H groups in total. The molecule has 0 spiro atoms. The molecule has 2 nitrogen and oxygen atoms in total. The Balaban J connectivity index is 2.04. The standard InChI is InChI=1S/C9H12BrNO/c1-11-9(4-5-9)6-7-2-3-8(10)12-7/h2-3,11H,4-6H2,1H3. The molecule has 0 aromatic carbocycles. The average Bonchev–Trinajstić information content (AvgIpc) is 2.71. The molecule has 1 aromatic heterocycles. The number of hydrogen-bond donors (Lipinski definition) is 1. The molecular formula is C9H12BrNO. The van der Waals surface area contributed by atoms with Crippen LogP contribution >= 0.6 is 15.9 Å². The van der Waals surface area contributed by atoms with E-state index in [4.69, 9.17) is 4.42 Å². The van der Waals surface area contributed by atoms with E-state index in [9.17, 15) is 0 Å². The maximum absolute atomic E-state index is 5.44. The zero-order valence-corrected chi connectivity index (χ0v) is 8.65. The number of nitrogens with one attached hydrogen (secondary N) is 1. The quantitative estimate of drug-likeness (QED) is 0.862. The SMILES string of the molecule is CNC1(Cc2ccc(Br)o2)CC1. The zero-order valence-electron chi connectivity index (χ0n) is 7.06. The molecular weight excluding hydrogens is 218 g/mol. The van der Waals surface area contributed by atoms with Crippen molar-refractivity contribution < 1.29 is 4.42 Å². The van der Waals surface area contributed by atoms with E-state index in [2.05, 4.69) is 21.2 Å². The summed E-state index contributed by atoms with van der Waals surface area (Å²) < 4.78 is 6.26. The first kappa shape index (κ1) is 8.32. The van der Waals surface area contributed by atoms with Crippen LogP contribution in [0, 0.1) is 0 Å². The summed E-state index contributed by atoms with van der Waals surface area (Å²) in [6, 6.07) is 3.97. The summed E-state index contributed by atoms with van der Waals surface area (Å²) in [4.78, 5) is 0. The van der Waals surface area contributed by atoms with Gasteiger partial charge in [0, 0.05) is 12.0 Å². The lowest BCUT2D eigenvalue weighted by atomic mass is 10.1. The van der Waals surface area contributed by atoms with E-state index in [1.54, 1.807) is 0 Å². The molecule has 1 saturated carbocycles. The van der Waals surface area contributed by atoms with Crippen LogP contribution in [0.3, 0.4) is 0 Å². The lowest BCUT2D eigenvalue weighted by Gasteiger charge is -2.10. The molecule has 1 fully saturated rings. The Morgan fingerprint density at radius 2 is 2.33 bits per heavy atom. The molecule has 1 aliphatic carbocycles. The molecule has 0 aliphatic heterocycles. The molecule has 0 saturated heterocycles. The van der Waals surface area contributed by atoms with Gasteiger partial charge in [-0.25, -0.2) is 0 Å². The van der Waals surface area contributed by atoms with Crippen molar-refractivity contribution in [3.63, 3.8) is 0 Å². The molecule has 1 aliphatic rings. The summed E-state index contributed by atoms with van der Waals surface area (Å²) in [7, 11) is 2.02. The average molecular weight is 230 g/mol. The number of halogens is 1. The molecule has 66 valence electrons. The lowest BCUT2D eigenvalue weighted by molar-refractivity contribution is 0.437. The van der Waals surface area contributed by atoms with E-state index < -0.39 is 0 Å². The molecule has 0 unspecified atom stereocenters. The summed E-state index contributed by atoms with van der Waals surface area (Å²) in [5, 5.41) is 3.33. The molecule has 3 heteroatoms. The summed E-state index contributed by atoms with van der Waals surface area (Å²) in [5.74, 6) is 1.06. The minimum Gasteiger partial charge on any atom is -0.454 e. The van der Waals surface area contributed by atoms with Gasteiger partial charge in [-0.2, -0.15) is 0 Å². The summed E-state index contributed by atoms with van der Waals surface area (Å²) >= 11 is 3.29. The predicted octanol–water partition coefficient (Wildman–Crippen LogP) is 2.34. The summed E-state index contributed by atoms with van der Waals surface area (Å²) in [5.41, 5.74) is 0.345. The second-order valence-electron chi connectivity index (χ2n) is 3.41. The van der Waals surface area contributed by atoms with Crippen LogP contribution in [-0.2, 0) is 6.42 Å². The minimum atomic E-state index is 0.345. The van der Waals surface area contributed by atoms with Crippen molar-refractivity contribution >= 4 is 15.9 Å². The highest BCUT2D eigenvalue weighted by Gasteiger charge is 2.41. The highest BCUT2D eigenvalue weighted by atomic mass is 79.9. The van der Waals surface area contributed by atoms with Gasteiger partial charge in [-0.3, -0.25) is 0 Å². The van der Waals surface area contributed by atoms with Crippen LogP contribution in [0.5, 0.6) is 0 Å². The van der Waals surface area contributed by atoms with Crippen molar-refractivity contribution in [3.05, 3.63) is 22.6 Å². The first-order valence-electron chi connectivity index (χ1n) is 4.17. The van der Waals surface area contributed by atoms with E-state index in [0.29, 0.717) is 5.54 Å². The molecule has 2 rings (SSSR count). The Morgan fingerprint density at radius 1 is 1.58 bits per heavy atom. The third-order valence-corrected chi connectivity index (χ3v) is 2.95. The van der Waals surface area contributed by atoms with Gasteiger partial charge in [0.2, 0.25) is 0 Å². The van der Waals surface area contributed by atoms with Crippen molar-refractivity contribution in [3.8, 4) is 0 Å². The second kappa shape index (κ2) is 2.89. The van der Waals surface area contributed by atoms with Gasteiger partial charge in [0.05, 0.1) is 0 Å². The van der Waals surface area contributed by atoms with Crippen molar-refractivity contribution in [2.24, 2.45) is 0 Å². The van der Waals surface area contributed by atoms with Crippen LogP contribution in [0.15, 0.2) is 21.2 Å². The van der Waals surface area contributed by atoms with E-state index >= 15 is 0 Å². The summed E-state index contributed by atoms with van der Waals surface area (Å²) in [6.45, 7) is 0. The monoisotopic (exact) mass is 229 g/mol. The van der Waals surface area contributed by atoms with Gasteiger partial charge < -0.3 is 9.73 Å². The molecule has 0 bridgehead atoms. The van der Waals surface area contributed by atoms with E-state index in [1.807, 2.05) is 19.2 Å². The van der Waals surface area contributed by atoms with Gasteiger partial charge in [0.1, 0.15) is 5.76 Å². The zero-order chi connectivity index (χ0) is 8.60. The normalized spacial score (nSPS) is 19.5. The van der Waals surface area contributed by atoms with Crippen molar-refractivity contribution in [1.82, 2.24) is 5.32 Å². The molecule has 0 atom stereocenters. The second-order valence-corrected chi connectivity index (χ2v) is 4.19. The van der Waals surface area contributed by atoms with Crippen LogP contribution < -0.4 is 5.32 Å². The van der Waals surface area contributed by atoms with Crippen molar-refractivity contribution in [2.75, 3.05) is 7.05 Å². The van der Waals surface area contributed by atoms with Gasteiger partial charge in [0.15, 0.2) is 4.67 Å². The number of furan rings is 1. The van der Waals surface area contributed by atoms with Gasteiger partial charge in [-0.1, -0.05) is 0 Å². The molecule has 1 heterocycles. The maximum atomic E-state index is 5.44. The van der Waals surface area contributed by atoms with Gasteiger partial charge in [-0.15, -0.1) is 0 Å². The molecule has 0 amide bonds. The van der Waals surface area contributed by atoms with Gasteiger partial charge >= 0.3 is 0 Å². The maximum Gasteiger partial charge on any atom is 0.169 e. The number of rotatable bonds is 3. The fraction of sp³-hybridized carbons (Fsp3) is 0.556. The van der Waals surface area contributed by atoms with Crippen LogP contribution in [0.4, 0.5) is 0 Å².